The predicted octanol–water partition coefficient (Wildman–Crippen LogP) is 5.58. The monoisotopic (exact) mass is 408 g/mol. The molecule has 130 valence electrons. The normalized spacial score (nSPS) is 10.8. The van der Waals surface area contributed by atoms with E-state index in [1.54, 1.807) is 7.11 Å². The van der Waals surface area contributed by atoms with Gasteiger partial charge >= 0.3 is 0 Å². The number of halogens is 1. The number of ether oxygens (including phenoxy) is 2. The molecule has 26 heavy (non-hydrogen) atoms. The van der Waals surface area contributed by atoms with E-state index in [4.69, 9.17) is 14.5 Å². The fourth-order valence-corrected chi connectivity index (χ4v) is 3.18. The Labute approximate surface area is 159 Å². The van der Waals surface area contributed by atoms with Gasteiger partial charge in [0.15, 0.2) is 0 Å². The Morgan fingerprint density at radius 1 is 1.00 bits per heavy atom. The lowest BCUT2D eigenvalue weighted by Gasteiger charge is -2.11. The molecule has 0 spiro atoms. The van der Waals surface area contributed by atoms with Crippen molar-refractivity contribution in [3.05, 3.63) is 76.8 Å². The Kier molecular flexibility index (Phi) is 4.63. The maximum Gasteiger partial charge on any atom is 0.142 e. The van der Waals surface area contributed by atoms with Gasteiger partial charge in [0.05, 0.1) is 23.7 Å². The zero-order chi connectivity index (χ0) is 17.9. The number of H-pyrrole nitrogens is 1. The van der Waals surface area contributed by atoms with E-state index in [9.17, 15) is 0 Å². The Morgan fingerprint density at radius 3 is 2.73 bits per heavy atom. The van der Waals surface area contributed by atoms with Crippen molar-refractivity contribution < 1.29 is 9.47 Å². The van der Waals surface area contributed by atoms with Crippen molar-refractivity contribution in [2.24, 2.45) is 0 Å². The molecular weight excluding hydrogens is 392 g/mol. The second kappa shape index (κ2) is 7.22. The van der Waals surface area contributed by atoms with Crippen LogP contribution in [0.4, 0.5) is 0 Å². The van der Waals surface area contributed by atoms with Crippen LogP contribution in [0.2, 0.25) is 0 Å². The highest BCUT2D eigenvalue weighted by atomic mass is 79.9. The average molecular weight is 409 g/mol. The van der Waals surface area contributed by atoms with Crippen molar-refractivity contribution in [3.63, 3.8) is 0 Å². The van der Waals surface area contributed by atoms with Crippen LogP contribution in [0.1, 0.15) is 5.56 Å². The summed E-state index contributed by atoms with van der Waals surface area (Å²) in [5.41, 5.74) is 3.89. The summed E-state index contributed by atoms with van der Waals surface area (Å²) in [6.45, 7) is 0.450. The summed E-state index contributed by atoms with van der Waals surface area (Å²) in [7, 11) is 1.66. The number of nitrogens with one attached hydrogen (secondary N) is 1. The SMILES string of the molecule is COc1cccc(COc2ccc(Br)cc2-c2nc3ccccc3[nH]2)c1. The molecule has 4 nitrogen and oxygen atoms in total. The molecule has 5 heteroatoms. The number of aromatic amines is 1. The molecule has 0 aliphatic rings. The summed E-state index contributed by atoms with van der Waals surface area (Å²) < 4.78 is 12.3. The van der Waals surface area contributed by atoms with Gasteiger partial charge in [0, 0.05) is 4.47 Å². The van der Waals surface area contributed by atoms with Crippen LogP contribution in [0.3, 0.4) is 0 Å². The van der Waals surface area contributed by atoms with Crippen molar-refractivity contribution in [2.75, 3.05) is 7.11 Å². The molecule has 0 bridgehead atoms. The molecule has 3 aromatic carbocycles. The van der Waals surface area contributed by atoms with Crippen molar-refractivity contribution >= 4 is 27.0 Å². The van der Waals surface area contributed by atoms with Crippen molar-refractivity contribution in [1.29, 1.82) is 0 Å². The van der Waals surface area contributed by atoms with Gasteiger partial charge in [0.1, 0.15) is 23.9 Å². The van der Waals surface area contributed by atoms with Gasteiger partial charge in [-0.1, -0.05) is 40.2 Å². The van der Waals surface area contributed by atoms with E-state index >= 15 is 0 Å². The molecule has 1 aromatic heterocycles. The van der Waals surface area contributed by atoms with E-state index in [0.717, 1.165) is 44.0 Å². The third-order valence-electron chi connectivity index (χ3n) is 4.11. The van der Waals surface area contributed by atoms with E-state index in [0.29, 0.717) is 6.61 Å². The molecule has 0 saturated heterocycles. The standard InChI is InChI=1S/C21H17BrN2O2/c1-25-16-6-4-5-14(11-16)13-26-20-10-9-15(22)12-17(20)21-23-18-7-2-3-8-19(18)24-21/h2-12H,13H2,1H3,(H,23,24). The number of fused-ring (bicyclic) bond motifs is 1. The summed E-state index contributed by atoms with van der Waals surface area (Å²) in [5.74, 6) is 2.38. The number of hydrogen-bond donors (Lipinski definition) is 1. The number of imidazole rings is 1. The number of nitrogens with zero attached hydrogens (tertiary/aromatic N) is 1. The molecule has 4 aromatic rings. The van der Waals surface area contributed by atoms with E-state index < -0.39 is 0 Å². The van der Waals surface area contributed by atoms with Crippen LogP contribution in [0.15, 0.2) is 71.2 Å². The highest BCUT2D eigenvalue weighted by molar-refractivity contribution is 9.10. The van der Waals surface area contributed by atoms with Gasteiger partial charge in [-0.25, -0.2) is 4.98 Å². The van der Waals surface area contributed by atoms with Crippen LogP contribution < -0.4 is 9.47 Å². The second-order valence-corrected chi connectivity index (χ2v) is 6.80. The summed E-state index contributed by atoms with van der Waals surface area (Å²) in [6, 6.07) is 21.8. The molecule has 4 rings (SSSR count). The minimum Gasteiger partial charge on any atom is -0.497 e. The summed E-state index contributed by atoms with van der Waals surface area (Å²) >= 11 is 3.54. The molecule has 1 heterocycles. The quantitative estimate of drug-likeness (QED) is 0.468. The topological polar surface area (TPSA) is 47.1 Å². The molecule has 0 unspecified atom stereocenters. The van der Waals surface area contributed by atoms with Crippen molar-refractivity contribution in [3.8, 4) is 22.9 Å². The number of hydrogen-bond acceptors (Lipinski definition) is 3. The van der Waals surface area contributed by atoms with E-state index in [2.05, 4.69) is 20.9 Å². The fourth-order valence-electron chi connectivity index (χ4n) is 2.82. The number of benzene rings is 3. The van der Waals surface area contributed by atoms with Crippen LogP contribution in [-0.4, -0.2) is 17.1 Å². The Bertz CT molecular complexity index is 1030. The molecule has 0 saturated carbocycles. The lowest BCUT2D eigenvalue weighted by molar-refractivity contribution is 0.306. The van der Waals surface area contributed by atoms with Gasteiger partial charge in [-0.3, -0.25) is 0 Å². The lowest BCUT2D eigenvalue weighted by Crippen LogP contribution is -1.98. The van der Waals surface area contributed by atoms with Gasteiger partial charge in [-0.2, -0.15) is 0 Å². The number of aromatic nitrogens is 2. The van der Waals surface area contributed by atoms with Crippen LogP contribution in [0.25, 0.3) is 22.4 Å². The maximum absolute atomic E-state index is 6.09. The highest BCUT2D eigenvalue weighted by Crippen LogP contribution is 2.33. The first-order valence-electron chi connectivity index (χ1n) is 8.23. The molecule has 0 radical (unpaired) electrons. The highest BCUT2D eigenvalue weighted by Gasteiger charge is 2.12. The molecular formula is C21H17BrN2O2. The molecule has 1 N–H and O–H groups in total. The minimum atomic E-state index is 0.450. The van der Waals surface area contributed by atoms with E-state index in [1.165, 1.54) is 0 Å². The van der Waals surface area contributed by atoms with Crippen LogP contribution in [0.5, 0.6) is 11.5 Å². The zero-order valence-corrected chi connectivity index (χ0v) is 15.8. The van der Waals surface area contributed by atoms with E-state index in [-0.39, 0.29) is 0 Å². The van der Waals surface area contributed by atoms with Crippen molar-refractivity contribution in [2.45, 2.75) is 6.61 Å². The predicted molar refractivity (Wildman–Crippen MR) is 107 cm³/mol. The minimum absolute atomic E-state index is 0.450. The molecule has 0 amide bonds. The first-order valence-corrected chi connectivity index (χ1v) is 9.02. The molecule has 0 aliphatic carbocycles. The van der Waals surface area contributed by atoms with E-state index in [1.807, 2.05) is 66.7 Å². The van der Waals surface area contributed by atoms with Crippen LogP contribution in [0, 0.1) is 0 Å². The summed E-state index contributed by atoms with van der Waals surface area (Å²) in [6.07, 6.45) is 0. The smallest absolute Gasteiger partial charge is 0.142 e. The van der Waals surface area contributed by atoms with Gasteiger partial charge in [0.25, 0.3) is 0 Å². The fraction of sp³-hybridized carbons (Fsp3) is 0.0952. The Hall–Kier alpha value is -2.79. The average Bonchev–Trinajstić information content (AvgIpc) is 3.11. The Balaban J connectivity index is 1.66. The number of para-hydroxylation sites is 2. The lowest BCUT2D eigenvalue weighted by atomic mass is 10.2. The van der Waals surface area contributed by atoms with Gasteiger partial charge in [-0.05, 0) is 48.0 Å². The molecule has 0 fully saturated rings. The van der Waals surface area contributed by atoms with Gasteiger partial charge < -0.3 is 14.5 Å². The van der Waals surface area contributed by atoms with Crippen molar-refractivity contribution in [1.82, 2.24) is 9.97 Å². The largest absolute Gasteiger partial charge is 0.497 e. The molecule has 0 atom stereocenters. The first-order chi connectivity index (χ1) is 12.7. The van der Waals surface area contributed by atoms with Gasteiger partial charge in [-0.15, -0.1) is 0 Å². The summed E-state index contributed by atoms with van der Waals surface area (Å²) in [4.78, 5) is 8.05. The molecule has 0 aliphatic heterocycles. The number of methoxy groups -OCH3 is 1. The van der Waals surface area contributed by atoms with Crippen LogP contribution in [-0.2, 0) is 6.61 Å². The maximum atomic E-state index is 6.09. The Morgan fingerprint density at radius 2 is 1.88 bits per heavy atom. The first kappa shape index (κ1) is 16.7. The third kappa shape index (κ3) is 3.44. The number of rotatable bonds is 5. The summed E-state index contributed by atoms with van der Waals surface area (Å²) in [5, 5.41) is 0. The second-order valence-electron chi connectivity index (χ2n) is 5.88. The zero-order valence-electron chi connectivity index (χ0n) is 14.2. The van der Waals surface area contributed by atoms with Gasteiger partial charge in [0.2, 0.25) is 0 Å². The van der Waals surface area contributed by atoms with Crippen LogP contribution >= 0.6 is 15.9 Å². The third-order valence-corrected chi connectivity index (χ3v) is 4.61.